The first-order valence-corrected chi connectivity index (χ1v) is 9.73. The Labute approximate surface area is 151 Å². The van der Waals surface area contributed by atoms with Gasteiger partial charge in [-0.3, -0.25) is 10.1 Å². The topological polar surface area (TPSA) is 84.5 Å². The molecule has 0 unspecified atom stereocenters. The number of amides is 3. The zero-order valence-electron chi connectivity index (χ0n) is 14.4. The first kappa shape index (κ1) is 17.9. The summed E-state index contributed by atoms with van der Waals surface area (Å²) in [5, 5.41) is 5.07. The molecule has 6 nitrogen and oxygen atoms in total. The van der Waals surface area contributed by atoms with Crippen molar-refractivity contribution >= 4 is 29.2 Å². The van der Waals surface area contributed by atoms with Crippen molar-refractivity contribution in [2.24, 2.45) is 5.92 Å². The summed E-state index contributed by atoms with van der Waals surface area (Å²) < 4.78 is 5.02. The molecule has 0 bridgehead atoms. The number of esters is 1. The number of fused-ring (bicyclic) bond motifs is 1. The third kappa shape index (κ3) is 4.60. The average molecular weight is 364 g/mol. The van der Waals surface area contributed by atoms with Crippen LogP contribution in [-0.2, 0) is 22.4 Å². The summed E-state index contributed by atoms with van der Waals surface area (Å²) in [4.78, 5) is 37.5. The lowest BCUT2D eigenvalue weighted by Gasteiger charge is -2.29. The van der Waals surface area contributed by atoms with Crippen LogP contribution in [0.15, 0.2) is 6.07 Å². The van der Waals surface area contributed by atoms with Gasteiger partial charge in [0.15, 0.2) is 6.61 Å². The van der Waals surface area contributed by atoms with Crippen molar-refractivity contribution in [3.8, 4) is 0 Å². The molecule has 0 spiro atoms. The van der Waals surface area contributed by atoms with Crippen LogP contribution in [0.4, 0.5) is 4.79 Å². The van der Waals surface area contributed by atoms with E-state index in [1.54, 1.807) is 0 Å². The van der Waals surface area contributed by atoms with Gasteiger partial charge in [0.25, 0.3) is 5.91 Å². The number of rotatable bonds is 4. The predicted octanol–water partition coefficient (Wildman–Crippen LogP) is 2.80. The van der Waals surface area contributed by atoms with E-state index in [4.69, 9.17) is 4.74 Å². The van der Waals surface area contributed by atoms with Crippen molar-refractivity contribution in [3.63, 3.8) is 0 Å². The SMILES string of the molecule is C[C@H]1CCCC[C@@H]1NC(=O)NC(=O)COC(=O)c1cc2c(s1)CCC2. The van der Waals surface area contributed by atoms with Gasteiger partial charge >= 0.3 is 12.0 Å². The van der Waals surface area contributed by atoms with E-state index in [0.29, 0.717) is 10.8 Å². The average Bonchev–Trinajstić information content (AvgIpc) is 3.16. The Morgan fingerprint density at radius 2 is 2.00 bits per heavy atom. The van der Waals surface area contributed by atoms with Crippen LogP contribution in [0.3, 0.4) is 0 Å². The zero-order chi connectivity index (χ0) is 17.8. The standard InChI is InChI=1S/C18H24N2O4S/c1-11-5-2-3-7-13(11)19-18(23)20-16(21)10-24-17(22)15-9-12-6-4-8-14(12)25-15/h9,11,13H,2-8,10H2,1H3,(H2,19,20,21,23)/t11-,13-/m0/s1. The summed E-state index contributed by atoms with van der Waals surface area (Å²) in [5.41, 5.74) is 1.21. The number of ether oxygens (including phenoxy) is 1. The van der Waals surface area contributed by atoms with Crippen molar-refractivity contribution in [2.45, 2.75) is 57.9 Å². The first-order valence-electron chi connectivity index (χ1n) is 8.92. The van der Waals surface area contributed by atoms with Crippen molar-refractivity contribution in [1.82, 2.24) is 10.6 Å². The van der Waals surface area contributed by atoms with Gasteiger partial charge in [0, 0.05) is 10.9 Å². The maximum atomic E-state index is 12.0. The second kappa shape index (κ2) is 7.99. The Balaban J connectivity index is 1.41. The number of carbonyl (C=O) groups excluding carboxylic acids is 3. The fraction of sp³-hybridized carbons (Fsp3) is 0.611. The predicted molar refractivity (Wildman–Crippen MR) is 94.7 cm³/mol. The van der Waals surface area contributed by atoms with Crippen molar-refractivity contribution < 1.29 is 19.1 Å². The number of nitrogens with one attached hydrogen (secondary N) is 2. The summed E-state index contributed by atoms with van der Waals surface area (Å²) in [6.07, 6.45) is 7.43. The highest BCUT2D eigenvalue weighted by Crippen LogP contribution is 2.30. The third-order valence-electron chi connectivity index (χ3n) is 4.96. The van der Waals surface area contributed by atoms with Crippen LogP contribution < -0.4 is 10.6 Å². The number of urea groups is 1. The molecule has 2 aliphatic carbocycles. The van der Waals surface area contributed by atoms with Gasteiger partial charge in [-0.1, -0.05) is 19.8 Å². The van der Waals surface area contributed by atoms with Crippen LogP contribution in [0.2, 0.25) is 0 Å². The Morgan fingerprint density at radius 3 is 2.76 bits per heavy atom. The second-order valence-electron chi connectivity index (χ2n) is 6.88. The highest BCUT2D eigenvalue weighted by Gasteiger charge is 2.24. The molecule has 3 amide bonds. The zero-order valence-corrected chi connectivity index (χ0v) is 15.2. The summed E-state index contributed by atoms with van der Waals surface area (Å²) in [7, 11) is 0. The summed E-state index contributed by atoms with van der Waals surface area (Å²) in [5.74, 6) is -0.706. The summed E-state index contributed by atoms with van der Waals surface area (Å²) >= 11 is 1.43. The van der Waals surface area contributed by atoms with Gasteiger partial charge in [0.1, 0.15) is 4.88 Å². The normalized spacial score (nSPS) is 22.1. The van der Waals surface area contributed by atoms with Gasteiger partial charge in [-0.05, 0) is 49.7 Å². The molecule has 0 aromatic carbocycles. The molecule has 25 heavy (non-hydrogen) atoms. The molecule has 1 saturated carbocycles. The van der Waals surface area contributed by atoms with Crippen LogP contribution in [0.25, 0.3) is 0 Å². The molecular formula is C18H24N2O4S. The molecule has 1 fully saturated rings. The van der Waals surface area contributed by atoms with E-state index >= 15 is 0 Å². The van der Waals surface area contributed by atoms with E-state index in [9.17, 15) is 14.4 Å². The van der Waals surface area contributed by atoms with Crippen LogP contribution in [0.1, 0.15) is 59.1 Å². The molecule has 7 heteroatoms. The van der Waals surface area contributed by atoms with E-state index < -0.39 is 24.5 Å². The fourth-order valence-corrected chi connectivity index (χ4v) is 4.68. The van der Waals surface area contributed by atoms with E-state index in [2.05, 4.69) is 17.6 Å². The first-order chi connectivity index (χ1) is 12.0. The molecule has 0 saturated heterocycles. The number of imide groups is 1. The quantitative estimate of drug-likeness (QED) is 0.805. The Hall–Kier alpha value is -1.89. The number of carbonyl (C=O) groups is 3. The Bertz CT molecular complexity index is 649. The van der Waals surface area contributed by atoms with Gasteiger partial charge in [0.2, 0.25) is 0 Å². The van der Waals surface area contributed by atoms with Crippen molar-refractivity contribution in [3.05, 3.63) is 21.4 Å². The van der Waals surface area contributed by atoms with Gasteiger partial charge in [-0.15, -0.1) is 11.3 Å². The maximum Gasteiger partial charge on any atom is 0.348 e. The lowest BCUT2D eigenvalue weighted by molar-refractivity contribution is -0.123. The number of hydrogen-bond acceptors (Lipinski definition) is 5. The van der Waals surface area contributed by atoms with Crippen molar-refractivity contribution in [2.75, 3.05) is 6.61 Å². The molecule has 2 aliphatic rings. The van der Waals surface area contributed by atoms with E-state index in [-0.39, 0.29) is 6.04 Å². The molecule has 0 radical (unpaired) electrons. The highest BCUT2D eigenvalue weighted by molar-refractivity contribution is 7.14. The van der Waals surface area contributed by atoms with Gasteiger partial charge in [-0.2, -0.15) is 0 Å². The highest BCUT2D eigenvalue weighted by atomic mass is 32.1. The van der Waals surface area contributed by atoms with E-state index in [1.807, 2.05) is 6.07 Å². The Kier molecular flexibility index (Phi) is 5.73. The molecular weight excluding hydrogens is 340 g/mol. The van der Waals surface area contributed by atoms with Crippen LogP contribution >= 0.6 is 11.3 Å². The molecule has 1 aromatic rings. The molecule has 2 atom stereocenters. The van der Waals surface area contributed by atoms with Gasteiger partial charge in [-0.25, -0.2) is 9.59 Å². The number of hydrogen-bond donors (Lipinski definition) is 2. The van der Waals surface area contributed by atoms with Gasteiger partial charge in [0.05, 0.1) is 0 Å². The third-order valence-corrected chi connectivity index (χ3v) is 6.18. The summed E-state index contributed by atoms with van der Waals surface area (Å²) in [6.45, 7) is 1.65. The van der Waals surface area contributed by atoms with Crippen LogP contribution in [-0.4, -0.2) is 30.6 Å². The van der Waals surface area contributed by atoms with Crippen LogP contribution in [0.5, 0.6) is 0 Å². The number of thiophene rings is 1. The van der Waals surface area contributed by atoms with E-state index in [1.165, 1.54) is 28.2 Å². The molecule has 0 aliphatic heterocycles. The lowest BCUT2D eigenvalue weighted by atomic mass is 9.86. The molecule has 136 valence electrons. The Morgan fingerprint density at radius 1 is 1.20 bits per heavy atom. The minimum Gasteiger partial charge on any atom is -0.451 e. The molecule has 3 rings (SSSR count). The number of aryl methyl sites for hydroxylation is 2. The largest absolute Gasteiger partial charge is 0.451 e. The molecule has 1 aromatic heterocycles. The van der Waals surface area contributed by atoms with Gasteiger partial charge < -0.3 is 10.1 Å². The fourth-order valence-electron chi connectivity index (χ4n) is 3.53. The monoisotopic (exact) mass is 364 g/mol. The van der Waals surface area contributed by atoms with Crippen molar-refractivity contribution in [1.29, 1.82) is 0 Å². The van der Waals surface area contributed by atoms with E-state index in [0.717, 1.165) is 38.5 Å². The lowest BCUT2D eigenvalue weighted by Crippen LogP contribution is -2.48. The maximum absolute atomic E-state index is 12.0. The molecule has 1 heterocycles. The smallest absolute Gasteiger partial charge is 0.348 e. The molecule has 2 N–H and O–H groups in total. The minimum absolute atomic E-state index is 0.0950. The van der Waals surface area contributed by atoms with Crippen LogP contribution in [0, 0.1) is 5.92 Å². The summed E-state index contributed by atoms with van der Waals surface area (Å²) in [6, 6.07) is 1.43. The minimum atomic E-state index is -0.613. The second-order valence-corrected chi connectivity index (χ2v) is 8.02.